The van der Waals surface area contributed by atoms with E-state index in [0.29, 0.717) is 49.5 Å². The average molecular weight is 519 g/mol. The minimum absolute atomic E-state index is 0.00530. The second-order valence-corrected chi connectivity index (χ2v) is 10.2. The summed E-state index contributed by atoms with van der Waals surface area (Å²) in [5, 5.41) is 4.73. The molecule has 2 N–H and O–H groups in total. The lowest BCUT2D eigenvalue weighted by molar-refractivity contribution is -0.115. The van der Waals surface area contributed by atoms with Gasteiger partial charge in [-0.2, -0.15) is 4.98 Å². The summed E-state index contributed by atoms with van der Waals surface area (Å²) in [5.41, 5.74) is 1.21. The number of benzene rings is 1. The maximum absolute atomic E-state index is 12.5. The van der Waals surface area contributed by atoms with E-state index in [1.54, 1.807) is 35.4 Å². The van der Waals surface area contributed by atoms with Gasteiger partial charge in [-0.15, -0.1) is 0 Å². The van der Waals surface area contributed by atoms with Crippen molar-refractivity contribution in [1.29, 1.82) is 0 Å². The molecule has 4 amide bonds. The van der Waals surface area contributed by atoms with E-state index in [9.17, 15) is 14.4 Å². The summed E-state index contributed by atoms with van der Waals surface area (Å²) in [6.07, 6.45) is 3.11. The number of thioether (sulfide) groups is 1. The fourth-order valence-electron chi connectivity index (χ4n) is 4.55. The molecule has 0 radical (unpaired) electrons. The quantitative estimate of drug-likeness (QED) is 0.472. The van der Waals surface area contributed by atoms with Crippen molar-refractivity contribution in [3.05, 3.63) is 71.2 Å². The van der Waals surface area contributed by atoms with Crippen molar-refractivity contribution in [2.24, 2.45) is 5.41 Å². The number of anilines is 2. The van der Waals surface area contributed by atoms with Crippen LogP contribution in [0.4, 0.5) is 21.2 Å². The fraction of sp³-hybridized carbons (Fsp3) is 0.240. The summed E-state index contributed by atoms with van der Waals surface area (Å²) in [6.45, 7) is 2.85. The largest absolute Gasteiger partial charge is 0.469 e. The van der Waals surface area contributed by atoms with Crippen molar-refractivity contribution < 1.29 is 23.5 Å². The molecule has 1 aromatic carbocycles. The number of urea groups is 1. The minimum Gasteiger partial charge on any atom is -0.469 e. The molecule has 11 nitrogen and oxygen atoms in total. The third-order valence-electron chi connectivity index (χ3n) is 6.27. The number of nitrogens with one attached hydrogen (secondary N) is 2. The van der Waals surface area contributed by atoms with Crippen LogP contribution in [0.3, 0.4) is 0 Å². The highest BCUT2D eigenvalue weighted by Crippen LogP contribution is 2.41. The van der Waals surface area contributed by atoms with Gasteiger partial charge in [0.25, 0.3) is 11.1 Å². The number of hydrogen-bond donors (Lipinski definition) is 2. The first kappa shape index (κ1) is 23.1. The first-order valence-corrected chi connectivity index (χ1v) is 12.4. The number of furan rings is 1. The van der Waals surface area contributed by atoms with Crippen LogP contribution in [0.15, 0.2) is 64.1 Å². The van der Waals surface area contributed by atoms with Crippen LogP contribution < -0.4 is 20.3 Å². The zero-order valence-corrected chi connectivity index (χ0v) is 20.4. The molecule has 0 aliphatic carbocycles. The van der Waals surface area contributed by atoms with Gasteiger partial charge in [0.15, 0.2) is 0 Å². The van der Waals surface area contributed by atoms with Crippen molar-refractivity contribution in [3.63, 3.8) is 0 Å². The van der Waals surface area contributed by atoms with Gasteiger partial charge in [0, 0.05) is 43.3 Å². The SMILES string of the molecule is O=C1NC(=O)C(=Cc2cc(OCc3ccco3)nc(N3CC4(CN(C(=O)Nc5ccccc5)C4)C3)n2)S1. The molecule has 3 fully saturated rings. The number of rotatable bonds is 6. The van der Waals surface area contributed by atoms with E-state index in [-0.39, 0.29) is 23.0 Å². The number of aromatic nitrogens is 2. The van der Waals surface area contributed by atoms with Crippen molar-refractivity contribution in [2.75, 3.05) is 36.4 Å². The Kier molecular flexibility index (Phi) is 5.80. The van der Waals surface area contributed by atoms with Crippen LogP contribution in [0.5, 0.6) is 5.88 Å². The lowest BCUT2D eigenvalue weighted by Gasteiger charge is -2.59. The van der Waals surface area contributed by atoms with E-state index in [1.165, 1.54) is 0 Å². The van der Waals surface area contributed by atoms with Crippen molar-refractivity contribution in [2.45, 2.75) is 6.61 Å². The lowest BCUT2D eigenvalue weighted by Crippen LogP contribution is -2.73. The highest BCUT2D eigenvalue weighted by molar-refractivity contribution is 8.18. The number of amides is 4. The first-order valence-electron chi connectivity index (χ1n) is 11.6. The summed E-state index contributed by atoms with van der Waals surface area (Å²) in [7, 11) is 0. The zero-order chi connectivity index (χ0) is 25.4. The number of nitrogens with zero attached hydrogens (tertiary/aromatic N) is 4. The summed E-state index contributed by atoms with van der Waals surface area (Å²) in [6, 6.07) is 14.4. The van der Waals surface area contributed by atoms with Gasteiger partial charge < -0.3 is 24.3 Å². The van der Waals surface area contributed by atoms with Crippen molar-refractivity contribution in [3.8, 4) is 5.88 Å². The monoisotopic (exact) mass is 518 g/mol. The molecule has 3 aliphatic rings. The van der Waals surface area contributed by atoms with Crippen LogP contribution in [0.25, 0.3) is 6.08 Å². The van der Waals surface area contributed by atoms with Crippen molar-refractivity contribution >= 4 is 46.7 Å². The van der Waals surface area contributed by atoms with Crippen LogP contribution in [-0.2, 0) is 11.4 Å². The van der Waals surface area contributed by atoms with E-state index >= 15 is 0 Å². The van der Waals surface area contributed by atoms with E-state index in [1.807, 2.05) is 35.2 Å². The maximum Gasteiger partial charge on any atom is 0.321 e. The van der Waals surface area contributed by atoms with E-state index < -0.39 is 11.1 Å². The van der Waals surface area contributed by atoms with Crippen LogP contribution in [0.2, 0.25) is 0 Å². The van der Waals surface area contributed by atoms with Crippen molar-refractivity contribution in [1.82, 2.24) is 20.2 Å². The maximum atomic E-state index is 12.5. The molecule has 188 valence electrons. The Hall–Kier alpha value is -4.32. The highest BCUT2D eigenvalue weighted by atomic mass is 32.2. The Morgan fingerprint density at radius 2 is 1.95 bits per heavy atom. The molecule has 0 unspecified atom stereocenters. The predicted octanol–water partition coefficient (Wildman–Crippen LogP) is 3.33. The Bertz CT molecular complexity index is 1380. The van der Waals surface area contributed by atoms with Gasteiger partial charge >= 0.3 is 6.03 Å². The average Bonchev–Trinajstić information content (AvgIpc) is 3.45. The topological polar surface area (TPSA) is 130 Å². The second kappa shape index (κ2) is 9.28. The van der Waals surface area contributed by atoms with Gasteiger partial charge in [-0.05, 0) is 42.1 Å². The Morgan fingerprint density at radius 3 is 2.65 bits per heavy atom. The predicted molar refractivity (Wildman–Crippen MR) is 136 cm³/mol. The number of para-hydroxylation sites is 1. The van der Waals surface area contributed by atoms with Crippen LogP contribution in [0.1, 0.15) is 11.5 Å². The molecule has 2 aromatic heterocycles. The Morgan fingerprint density at radius 1 is 1.14 bits per heavy atom. The van der Waals surface area contributed by atoms with Gasteiger partial charge in [0.2, 0.25) is 11.8 Å². The molecule has 3 aromatic rings. The van der Waals surface area contributed by atoms with Gasteiger partial charge in [-0.25, -0.2) is 9.78 Å². The smallest absolute Gasteiger partial charge is 0.321 e. The molecular weight excluding hydrogens is 496 g/mol. The number of imide groups is 1. The normalized spacial score (nSPS) is 19.0. The number of hydrogen-bond acceptors (Lipinski definition) is 9. The molecule has 37 heavy (non-hydrogen) atoms. The number of carbonyl (C=O) groups excluding carboxylic acids is 3. The van der Waals surface area contributed by atoms with E-state index in [2.05, 4.69) is 20.6 Å². The first-order chi connectivity index (χ1) is 17.9. The Balaban J connectivity index is 1.14. The molecule has 6 rings (SSSR count). The zero-order valence-electron chi connectivity index (χ0n) is 19.5. The molecule has 0 saturated carbocycles. The van der Waals surface area contributed by atoms with Crippen LogP contribution in [-0.4, -0.2) is 58.2 Å². The van der Waals surface area contributed by atoms with Gasteiger partial charge in [0.05, 0.1) is 16.9 Å². The summed E-state index contributed by atoms with van der Waals surface area (Å²) < 4.78 is 11.1. The number of ether oxygens (including phenoxy) is 1. The molecular formula is C25H22N6O5S. The van der Waals surface area contributed by atoms with Gasteiger partial charge in [-0.1, -0.05) is 18.2 Å². The van der Waals surface area contributed by atoms with Crippen LogP contribution >= 0.6 is 11.8 Å². The molecule has 3 aliphatic heterocycles. The highest BCUT2D eigenvalue weighted by Gasteiger charge is 2.54. The number of carbonyl (C=O) groups is 3. The second-order valence-electron chi connectivity index (χ2n) is 9.16. The van der Waals surface area contributed by atoms with Gasteiger partial charge in [0.1, 0.15) is 12.4 Å². The Labute approximate surface area is 215 Å². The van der Waals surface area contributed by atoms with Crippen LogP contribution in [0, 0.1) is 5.41 Å². The van der Waals surface area contributed by atoms with Gasteiger partial charge in [-0.3, -0.25) is 14.9 Å². The molecule has 0 bridgehead atoms. The molecule has 1 spiro atoms. The summed E-state index contributed by atoms with van der Waals surface area (Å²) in [5.74, 6) is 0.958. The standard InChI is InChI=1S/C25H22N6O5S/c32-21-19(37-24(34)29-21)9-17-10-20(36-11-18-7-4-8-35-18)28-22(26-17)30-12-25(13-30)14-31(15-25)23(33)27-16-5-2-1-3-6-16/h1-10H,11-15H2,(H,27,33)(H,29,32,34). The summed E-state index contributed by atoms with van der Waals surface area (Å²) in [4.78, 5) is 49.3. The third-order valence-corrected chi connectivity index (χ3v) is 7.08. The minimum atomic E-state index is -0.459. The lowest BCUT2D eigenvalue weighted by atomic mass is 9.73. The molecule has 12 heteroatoms. The number of likely N-dealkylation sites (tertiary alicyclic amines) is 1. The van der Waals surface area contributed by atoms with E-state index in [4.69, 9.17) is 9.15 Å². The molecule has 3 saturated heterocycles. The summed E-state index contributed by atoms with van der Waals surface area (Å²) >= 11 is 0.824. The fourth-order valence-corrected chi connectivity index (χ4v) is 5.22. The third kappa shape index (κ3) is 4.87. The molecule has 5 heterocycles. The van der Waals surface area contributed by atoms with E-state index in [0.717, 1.165) is 17.4 Å². The molecule has 0 atom stereocenters.